The van der Waals surface area contributed by atoms with E-state index in [4.69, 9.17) is 0 Å². The van der Waals surface area contributed by atoms with E-state index in [2.05, 4.69) is 16.7 Å². The lowest BCUT2D eigenvalue weighted by Gasteiger charge is -2.25. The standard InChI is InChI=1S/C8H14N2O2.ClH/c1-9-12-7-8(11)10-5-3-2-4-6-10;/h1-7H2;1H. The molecule has 0 aromatic rings. The first-order chi connectivity index (χ1) is 5.84. The largest absolute Gasteiger partial charge is 0.386 e. The van der Waals surface area contributed by atoms with Crippen LogP contribution in [0.5, 0.6) is 0 Å². The minimum absolute atomic E-state index is 0. The lowest BCUT2D eigenvalue weighted by molar-refractivity contribution is -0.136. The van der Waals surface area contributed by atoms with Crippen LogP contribution in [-0.2, 0) is 9.63 Å². The van der Waals surface area contributed by atoms with Gasteiger partial charge < -0.3 is 9.74 Å². The summed E-state index contributed by atoms with van der Waals surface area (Å²) < 4.78 is 0. The van der Waals surface area contributed by atoms with Crippen LogP contribution in [0.25, 0.3) is 0 Å². The third-order valence-electron chi connectivity index (χ3n) is 1.99. The van der Waals surface area contributed by atoms with Gasteiger partial charge in [-0.25, -0.2) is 0 Å². The molecule has 0 bridgehead atoms. The van der Waals surface area contributed by atoms with Crippen molar-refractivity contribution in [1.29, 1.82) is 0 Å². The molecule has 0 radical (unpaired) electrons. The Hall–Kier alpha value is -0.770. The molecule has 1 heterocycles. The topological polar surface area (TPSA) is 41.9 Å². The molecule has 0 unspecified atom stereocenters. The predicted octanol–water partition coefficient (Wildman–Crippen LogP) is 1.05. The number of hydrogen-bond donors (Lipinski definition) is 0. The third-order valence-corrected chi connectivity index (χ3v) is 1.99. The van der Waals surface area contributed by atoms with E-state index in [1.165, 1.54) is 6.42 Å². The molecule has 4 nitrogen and oxygen atoms in total. The molecule has 0 spiro atoms. The molecule has 1 aliphatic rings. The van der Waals surface area contributed by atoms with E-state index in [0.717, 1.165) is 25.9 Å². The van der Waals surface area contributed by atoms with E-state index < -0.39 is 0 Å². The first kappa shape index (κ1) is 12.2. The highest BCUT2D eigenvalue weighted by Gasteiger charge is 2.16. The molecule has 0 aliphatic carbocycles. The van der Waals surface area contributed by atoms with Gasteiger partial charge in [0, 0.05) is 19.8 Å². The second kappa shape index (κ2) is 6.71. The van der Waals surface area contributed by atoms with Crippen molar-refractivity contribution >= 4 is 25.0 Å². The number of likely N-dealkylation sites (tertiary alicyclic amines) is 1. The second-order valence-electron chi connectivity index (χ2n) is 2.84. The molecule has 1 saturated heterocycles. The maximum absolute atomic E-state index is 11.3. The Kier molecular flexibility index (Phi) is 6.32. The predicted molar refractivity (Wildman–Crippen MR) is 53.2 cm³/mol. The second-order valence-corrected chi connectivity index (χ2v) is 2.84. The number of amides is 1. The molecular formula is C8H15ClN2O2. The van der Waals surface area contributed by atoms with Gasteiger partial charge in [-0.1, -0.05) is 0 Å². The fourth-order valence-electron chi connectivity index (χ4n) is 1.34. The van der Waals surface area contributed by atoms with Gasteiger partial charge in [-0.15, -0.1) is 17.6 Å². The molecule has 1 aliphatic heterocycles. The van der Waals surface area contributed by atoms with E-state index in [-0.39, 0.29) is 24.9 Å². The maximum atomic E-state index is 11.3. The summed E-state index contributed by atoms with van der Waals surface area (Å²) in [6.07, 6.45) is 3.44. The normalized spacial score (nSPS) is 15.8. The van der Waals surface area contributed by atoms with Crippen molar-refractivity contribution in [3.05, 3.63) is 0 Å². The van der Waals surface area contributed by atoms with Gasteiger partial charge in [-0.05, 0) is 19.3 Å². The summed E-state index contributed by atoms with van der Waals surface area (Å²) in [4.78, 5) is 17.7. The minimum atomic E-state index is 0. The van der Waals surface area contributed by atoms with Crippen LogP contribution in [0.4, 0.5) is 0 Å². The Balaban J connectivity index is 0.00000144. The van der Waals surface area contributed by atoms with Gasteiger partial charge in [0.2, 0.25) is 0 Å². The zero-order valence-electron chi connectivity index (χ0n) is 7.57. The molecule has 0 aromatic carbocycles. The minimum Gasteiger partial charge on any atom is -0.386 e. The number of carbonyl (C=O) groups is 1. The quantitative estimate of drug-likeness (QED) is 0.512. The first-order valence-electron chi connectivity index (χ1n) is 4.20. The maximum Gasteiger partial charge on any atom is 0.263 e. The Morgan fingerprint density at radius 2 is 2.00 bits per heavy atom. The van der Waals surface area contributed by atoms with E-state index in [1.54, 1.807) is 0 Å². The molecule has 0 saturated carbocycles. The molecular weight excluding hydrogens is 192 g/mol. The highest BCUT2D eigenvalue weighted by Crippen LogP contribution is 2.08. The highest BCUT2D eigenvalue weighted by molar-refractivity contribution is 5.85. The van der Waals surface area contributed by atoms with Gasteiger partial charge in [-0.3, -0.25) is 4.79 Å². The molecule has 5 heteroatoms. The highest BCUT2D eigenvalue weighted by atomic mass is 35.5. The Labute approximate surface area is 84.3 Å². The van der Waals surface area contributed by atoms with Crippen molar-refractivity contribution in [2.45, 2.75) is 19.3 Å². The van der Waals surface area contributed by atoms with Crippen molar-refractivity contribution in [3.8, 4) is 0 Å². The van der Waals surface area contributed by atoms with Crippen molar-refractivity contribution in [1.82, 2.24) is 4.90 Å². The SMILES string of the molecule is C=NOCC(=O)N1CCCCC1.Cl. The van der Waals surface area contributed by atoms with Crippen LogP contribution in [0.2, 0.25) is 0 Å². The van der Waals surface area contributed by atoms with Crippen LogP contribution in [0.15, 0.2) is 5.16 Å². The number of nitrogens with zero attached hydrogens (tertiary/aromatic N) is 2. The van der Waals surface area contributed by atoms with Crippen molar-refractivity contribution in [2.24, 2.45) is 5.16 Å². The summed E-state index contributed by atoms with van der Waals surface area (Å²) in [6.45, 7) is 4.89. The molecule has 0 N–H and O–H groups in total. The molecule has 76 valence electrons. The Bertz CT molecular complexity index is 170. The van der Waals surface area contributed by atoms with Crippen LogP contribution < -0.4 is 0 Å². The Morgan fingerprint density at radius 1 is 1.38 bits per heavy atom. The smallest absolute Gasteiger partial charge is 0.263 e. The molecule has 0 aromatic heterocycles. The average Bonchev–Trinajstić information content (AvgIpc) is 2.15. The molecule has 0 atom stereocenters. The molecule has 1 rings (SSSR count). The van der Waals surface area contributed by atoms with Gasteiger partial charge in [0.15, 0.2) is 6.61 Å². The van der Waals surface area contributed by atoms with E-state index in [0.29, 0.717) is 0 Å². The molecule has 1 fully saturated rings. The lowest BCUT2D eigenvalue weighted by Crippen LogP contribution is -2.37. The first-order valence-corrected chi connectivity index (χ1v) is 4.20. The average molecular weight is 207 g/mol. The molecule has 1 amide bonds. The van der Waals surface area contributed by atoms with E-state index >= 15 is 0 Å². The third kappa shape index (κ3) is 4.12. The van der Waals surface area contributed by atoms with Crippen LogP contribution in [0.1, 0.15) is 19.3 Å². The number of rotatable bonds is 3. The van der Waals surface area contributed by atoms with Gasteiger partial charge in [-0.2, -0.15) is 0 Å². The van der Waals surface area contributed by atoms with Gasteiger partial charge in [0.05, 0.1) is 0 Å². The fourth-order valence-corrected chi connectivity index (χ4v) is 1.34. The van der Waals surface area contributed by atoms with Gasteiger partial charge >= 0.3 is 0 Å². The fraction of sp³-hybridized carbons (Fsp3) is 0.750. The van der Waals surface area contributed by atoms with Crippen molar-refractivity contribution in [2.75, 3.05) is 19.7 Å². The number of halogens is 1. The van der Waals surface area contributed by atoms with Crippen LogP contribution in [-0.4, -0.2) is 37.2 Å². The van der Waals surface area contributed by atoms with Gasteiger partial charge in [0.1, 0.15) is 0 Å². The zero-order chi connectivity index (χ0) is 8.81. The van der Waals surface area contributed by atoms with E-state index in [9.17, 15) is 4.79 Å². The van der Waals surface area contributed by atoms with Crippen molar-refractivity contribution in [3.63, 3.8) is 0 Å². The molecule has 13 heavy (non-hydrogen) atoms. The Morgan fingerprint density at radius 3 is 2.54 bits per heavy atom. The number of carbonyl (C=O) groups excluding carboxylic acids is 1. The summed E-state index contributed by atoms with van der Waals surface area (Å²) in [5, 5.41) is 3.17. The zero-order valence-corrected chi connectivity index (χ0v) is 8.39. The number of hydrogen-bond acceptors (Lipinski definition) is 3. The van der Waals surface area contributed by atoms with Crippen molar-refractivity contribution < 1.29 is 9.63 Å². The lowest BCUT2D eigenvalue weighted by atomic mass is 10.1. The monoisotopic (exact) mass is 206 g/mol. The number of oxime groups is 1. The summed E-state index contributed by atoms with van der Waals surface area (Å²) in [5.41, 5.74) is 0. The van der Waals surface area contributed by atoms with Crippen LogP contribution in [0, 0.1) is 0 Å². The van der Waals surface area contributed by atoms with Crippen LogP contribution >= 0.6 is 12.4 Å². The van der Waals surface area contributed by atoms with Crippen LogP contribution in [0.3, 0.4) is 0 Å². The summed E-state index contributed by atoms with van der Waals surface area (Å²) in [5.74, 6) is 0.0158. The summed E-state index contributed by atoms with van der Waals surface area (Å²) in [6, 6.07) is 0. The van der Waals surface area contributed by atoms with Gasteiger partial charge in [0.25, 0.3) is 5.91 Å². The number of piperidine rings is 1. The summed E-state index contributed by atoms with van der Waals surface area (Å²) in [7, 11) is 0. The summed E-state index contributed by atoms with van der Waals surface area (Å²) >= 11 is 0. The van der Waals surface area contributed by atoms with E-state index in [1.807, 2.05) is 4.90 Å².